The zero-order valence-corrected chi connectivity index (χ0v) is 15.2. The van der Waals surface area contributed by atoms with Gasteiger partial charge in [-0.2, -0.15) is 0 Å². The molecule has 2 aromatic carbocycles. The zero-order chi connectivity index (χ0) is 18.8. The maximum Gasteiger partial charge on any atom is 0.289 e. The van der Waals surface area contributed by atoms with Crippen molar-refractivity contribution in [2.75, 3.05) is 11.9 Å². The molecule has 5 nitrogen and oxygen atoms in total. The Morgan fingerprint density at radius 3 is 2.67 bits per heavy atom. The third-order valence-electron chi connectivity index (χ3n) is 4.61. The number of nitrogens with zero attached hydrogens (tertiary/aromatic N) is 1. The number of carbonyl (C=O) groups is 2. The van der Waals surface area contributed by atoms with Gasteiger partial charge >= 0.3 is 0 Å². The average Bonchev–Trinajstić information content (AvgIpc) is 3.22. The lowest BCUT2D eigenvalue weighted by Gasteiger charge is -2.28. The summed E-state index contributed by atoms with van der Waals surface area (Å²) in [6, 6.07) is 16.1. The molecule has 0 unspecified atom stereocenters. The molecule has 0 radical (unpaired) electrons. The van der Waals surface area contributed by atoms with Crippen LogP contribution in [0.15, 0.2) is 65.3 Å². The topological polar surface area (TPSA) is 62.6 Å². The summed E-state index contributed by atoms with van der Waals surface area (Å²) in [5, 5.41) is 3.28. The van der Waals surface area contributed by atoms with E-state index in [4.69, 9.17) is 16.0 Å². The molecule has 4 rings (SSSR count). The Kier molecular flexibility index (Phi) is 4.69. The normalized spacial score (nSPS) is 13.1. The molecule has 2 heterocycles. The minimum atomic E-state index is -0.264. The summed E-state index contributed by atoms with van der Waals surface area (Å²) >= 11 is 6.09. The van der Waals surface area contributed by atoms with Crippen molar-refractivity contribution < 1.29 is 14.0 Å². The molecule has 1 aromatic heterocycles. The number of amides is 2. The molecular formula is C21H17ClN2O3. The van der Waals surface area contributed by atoms with Gasteiger partial charge in [-0.15, -0.1) is 0 Å². The largest absolute Gasteiger partial charge is 0.459 e. The lowest BCUT2D eigenvalue weighted by Crippen LogP contribution is -2.35. The van der Waals surface area contributed by atoms with Crippen LogP contribution in [0.1, 0.15) is 32.0 Å². The Hall–Kier alpha value is -3.05. The van der Waals surface area contributed by atoms with E-state index in [1.807, 2.05) is 18.2 Å². The third kappa shape index (κ3) is 3.59. The molecule has 1 aliphatic heterocycles. The minimum absolute atomic E-state index is 0.129. The van der Waals surface area contributed by atoms with E-state index in [9.17, 15) is 9.59 Å². The highest BCUT2D eigenvalue weighted by Crippen LogP contribution is 2.25. The van der Waals surface area contributed by atoms with Gasteiger partial charge < -0.3 is 14.6 Å². The van der Waals surface area contributed by atoms with Crippen LogP contribution < -0.4 is 5.32 Å². The summed E-state index contributed by atoms with van der Waals surface area (Å²) in [7, 11) is 0. The SMILES string of the molecule is O=C(Nc1ccc2c(c1)CN(C(=O)c1ccco1)CC2)c1ccccc1Cl. The zero-order valence-electron chi connectivity index (χ0n) is 14.4. The van der Waals surface area contributed by atoms with E-state index in [0.29, 0.717) is 35.1 Å². The summed E-state index contributed by atoms with van der Waals surface area (Å²) in [6.07, 6.45) is 2.26. The van der Waals surface area contributed by atoms with Crippen molar-refractivity contribution in [1.29, 1.82) is 0 Å². The van der Waals surface area contributed by atoms with Crippen molar-refractivity contribution in [1.82, 2.24) is 4.90 Å². The van der Waals surface area contributed by atoms with E-state index in [1.165, 1.54) is 11.8 Å². The minimum Gasteiger partial charge on any atom is -0.459 e. The summed E-state index contributed by atoms with van der Waals surface area (Å²) in [5.41, 5.74) is 3.28. The van der Waals surface area contributed by atoms with Gasteiger partial charge in [0.05, 0.1) is 16.8 Å². The quantitative estimate of drug-likeness (QED) is 0.733. The van der Waals surface area contributed by atoms with Gasteiger partial charge in [0.1, 0.15) is 0 Å². The number of furan rings is 1. The predicted molar refractivity (Wildman–Crippen MR) is 103 cm³/mol. The van der Waals surface area contributed by atoms with E-state index in [-0.39, 0.29) is 11.8 Å². The number of halogens is 1. The number of nitrogens with one attached hydrogen (secondary N) is 1. The fourth-order valence-electron chi connectivity index (χ4n) is 3.21. The number of fused-ring (bicyclic) bond motifs is 1. The highest BCUT2D eigenvalue weighted by molar-refractivity contribution is 6.34. The van der Waals surface area contributed by atoms with Gasteiger partial charge in [0, 0.05) is 18.8 Å². The molecule has 3 aromatic rings. The second-order valence-electron chi connectivity index (χ2n) is 6.37. The molecule has 0 spiro atoms. The molecule has 0 bridgehead atoms. The fraction of sp³-hybridized carbons (Fsp3) is 0.143. The van der Waals surface area contributed by atoms with E-state index in [2.05, 4.69) is 5.32 Å². The van der Waals surface area contributed by atoms with Gasteiger partial charge in [-0.1, -0.05) is 29.8 Å². The molecule has 0 saturated carbocycles. The predicted octanol–water partition coefficient (Wildman–Crippen LogP) is 4.38. The Bertz CT molecular complexity index is 998. The standard InChI is InChI=1S/C21H17ClN2O3/c22-18-5-2-1-4-17(18)20(25)23-16-8-7-14-9-10-24(13-15(14)12-16)21(26)19-6-3-11-27-19/h1-8,11-12H,9-10,13H2,(H,23,25). The Morgan fingerprint density at radius 1 is 1.04 bits per heavy atom. The number of anilines is 1. The van der Waals surface area contributed by atoms with Gasteiger partial charge in [0.2, 0.25) is 0 Å². The molecule has 6 heteroatoms. The molecule has 27 heavy (non-hydrogen) atoms. The maximum absolute atomic E-state index is 12.5. The molecule has 136 valence electrons. The van der Waals surface area contributed by atoms with E-state index < -0.39 is 0 Å². The van der Waals surface area contributed by atoms with E-state index in [0.717, 1.165) is 12.0 Å². The number of hydrogen-bond acceptors (Lipinski definition) is 3. The molecule has 1 aliphatic rings. The van der Waals surface area contributed by atoms with Gasteiger partial charge in [-0.25, -0.2) is 0 Å². The van der Waals surface area contributed by atoms with Crippen LogP contribution in [0.2, 0.25) is 5.02 Å². The van der Waals surface area contributed by atoms with Gasteiger partial charge in [-0.3, -0.25) is 9.59 Å². The van der Waals surface area contributed by atoms with E-state index in [1.54, 1.807) is 41.3 Å². The van der Waals surface area contributed by atoms with Crippen molar-refractivity contribution in [3.63, 3.8) is 0 Å². The number of benzene rings is 2. The molecule has 1 N–H and O–H groups in total. The van der Waals surface area contributed by atoms with Crippen molar-refractivity contribution in [2.24, 2.45) is 0 Å². The first-order valence-corrected chi connectivity index (χ1v) is 9.00. The molecule has 0 saturated heterocycles. The molecule has 0 fully saturated rings. The molecule has 0 atom stereocenters. The first kappa shape index (κ1) is 17.4. The van der Waals surface area contributed by atoms with Crippen LogP contribution in [0.25, 0.3) is 0 Å². The molecular weight excluding hydrogens is 364 g/mol. The van der Waals surface area contributed by atoms with Crippen molar-refractivity contribution in [3.05, 3.63) is 88.3 Å². The van der Waals surface area contributed by atoms with Gasteiger partial charge in [-0.05, 0) is 53.9 Å². The van der Waals surface area contributed by atoms with Crippen LogP contribution in [0.5, 0.6) is 0 Å². The van der Waals surface area contributed by atoms with Gasteiger partial charge in [0.25, 0.3) is 11.8 Å². The molecule has 0 aliphatic carbocycles. The van der Waals surface area contributed by atoms with Gasteiger partial charge in [0.15, 0.2) is 5.76 Å². The third-order valence-corrected chi connectivity index (χ3v) is 4.94. The number of carbonyl (C=O) groups excluding carboxylic acids is 2. The first-order valence-electron chi connectivity index (χ1n) is 8.62. The van der Waals surface area contributed by atoms with Crippen LogP contribution in [0, 0.1) is 0 Å². The van der Waals surface area contributed by atoms with Crippen LogP contribution in [-0.2, 0) is 13.0 Å². The summed E-state index contributed by atoms with van der Waals surface area (Å²) in [5.74, 6) is -0.0577. The first-order chi connectivity index (χ1) is 13.1. The second-order valence-corrected chi connectivity index (χ2v) is 6.78. The Balaban J connectivity index is 1.52. The maximum atomic E-state index is 12.5. The van der Waals surface area contributed by atoms with Crippen molar-refractivity contribution in [2.45, 2.75) is 13.0 Å². The fourth-order valence-corrected chi connectivity index (χ4v) is 3.43. The number of hydrogen-bond donors (Lipinski definition) is 1. The average molecular weight is 381 g/mol. The van der Waals surface area contributed by atoms with Crippen molar-refractivity contribution >= 4 is 29.1 Å². The highest BCUT2D eigenvalue weighted by atomic mass is 35.5. The summed E-state index contributed by atoms with van der Waals surface area (Å²) in [4.78, 5) is 26.7. The second kappa shape index (κ2) is 7.29. The summed E-state index contributed by atoms with van der Waals surface area (Å²) < 4.78 is 5.21. The Labute approximate surface area is 161 Å². The van der Waals surface area contributed by atoms with E-state index >= 15 is 0 Å². The smallest absolute Gasteiger partial charge is 0.289 e. The van der Waals surface area contributed by atoms with Crippen LogP contribution in [-0.4, -0.2) is 23.3 Å². The highest BCUT2D eigenvalue weighted by Gasteiger charge is 2.23. The van der Waals surface area contributed by atoms with Crippen molar-refractivity contribution in [3.8, 4) is 0 Å². The summed E-state index contributed by atoms with van der Waals surface area (Å²) in [6.45, 7) is 1.11. The van der Waals surface area contributed by atoms with Crippen LogP contribution >= 0.6 is 11.6 Å². The number of rotatable bonds is 3. The van der Waals surface area contributed by atoms with Crippen LogP contribution in [0.4, 0.5) is 5.69 Å². The Morgan fingerprint density at radius 2 is 1.89 bits per heavy atom. The lowest BCUT2D eigenvalue weighted by molar-refractivity contribution is 0.0702. The molecule has 2 amide bonds. The lowest BCUT2D eigenvalue weighted by atomic mass is 9.98. The van der Waals surface area contributed by atoms with Crippen LogP contribution in [0.3, 0.4) is 0 Å². The monoisotopic (exact) mass is 380 g/mol.